The van der Waals surface area contributed by atoms with E-state index in [2.05, 4.69) is 0 Å². The van der Waals surface area contributed by atoms with Crippen LogP contribution in [0.25, 0.3) is 6.08 Å². The molecule has 0 aliphatic carbocycles. The van der Waals surface area contributed by atoms with E-state index >= 15 is 0 Å². The molecule has 108 valence electrons. The highest BCUT2D eigenvalue weighted by molar-refractivity contribution is 7.98. The van der Waals surface area contributed by atoms with Crippen LogP contribution in [-0.4, -0.2) is 19.1 Å². The monoisotopic (exact) mass is 298 g/mol. The van der Waals surface area contributed by atoms with Crippen LogP contribution in [0, 0.1) is 6.92 Å². The fourth-order valence-electron chi connectivity index (χ4n) is 2.03. The SMILES string of the molecule is COc1cc(C(=O)/C=C/c2cccc(C)c2)ccc1SC. The molecule has 21 heavy (non-hydrogen) atoms. The highest BCUT2D eigenvalue weighted by atomic mass is 32.2. The number of aryl methyl sites for hydroxylation is 1. The number of hydrogen-bond donors (Lipinski definition) is 0. The lowest BCUT2D eigenvalue weighted by Crippen LogP contribution is -1.96. The third-order valence-electron chi connectivity index (χ3n) is 3.14. The summed E-state index contributed by atoms with van der Waals surface area (Å²) in [6.07, 6.45) is 5.42. The molecule has 0 bridgehead atoms. The Morgan fingerprint density at radius 2 is 2.00 bits per heavy atom. The van der Waals surface area contributed by atoms with Crippen molar-refractivity contribution in [3.05, 3.63) is 65.2 Å². The van der Waals surface area contributed by atoms with Crippen LogP contribution in [0.5, 0.6) is 5.75 Å². The first-order valence-electron chi connectivity index (χ1n) is 6.65. The summed E-state index contributed by atoms with van der Waals surface area (Å²) >= 11 is 1.60. The van der Waals surface area contributed by atoms with Gasteiger partial charge < -0.3 is 4.74 Å². The average Bonchev–Trinajstić information content (AvgIpc) is 2.52. The fraction of sp³-hybridized carbons (Fsp3) is 0.167. The standard InChI is InChI=1S/C18H18O2S/c1-13-5-4-6-14(11-13)7-9-16(19)15-8-10-18(21-3)17(12-15)20-2/h4-12H,1-3H3/b9-7+. The van der Waals surface area contributed by atoms with E-state index in [1.807, 2.05) is 55.7 Å². The minimum absolute atomic E-state index is 0.0255. The zero-order valence-corrected chi connectivity index (χ0v) is 13.2. The molecule has 0 saturated carbocycles. The van der Waals surface area contributed by atoms with Gasteiger partial charge in [0, 0.05) is 10.5 Å². The summed E-state index contributed by atoms with van der Waals surface area (Å²) in [6.45, 7) is 2.03. The van der Waals surface area contributed by atoms with Gasteiger partial charge in [0.1, 0.15) is 5.75 Å². The van der Waals surface area contributed by atoms with Gasteiger partial charge in [-0.2, -0.15) is 0 Å². The first kappa shape index (κ1) is 15.4. The molecule has 2 nitrogen and oxygen atoms in total. The Morgan fingerprint density at radius 3 is 2.67 bits per heavy atom. The Labute approximate surface area is 129 Å². The largest absolute Gasteiger partial charge is 0.496 e. The molecular formula is C18H18O2S. The molecule has 0 aliphatic rings. The normalized spacial score (nSPS) is 10.8. The minimum atomic E-state index is -0.0255. The number of benzene rings is 2. The number of carbonyl (C=O) groups excluding carboxylic acids is 1. The van der Waals surface area contributed by atoms with Crippen LogP contribution in [0.4, 0.5) is 0 Å². The van der Waals surface area contributed by atoms with E-state index in [0.29, 0.717) is 5.56 Å². The molecule has 0 saturated heterocycles. The third-order valence-corrected chi connectivity index (χ3v) is 3.91. The van der Waals surface area contributed by atoms with Crippen LogP contribution in [0.1, 0.15) is 21.5 Å². The molecular weight excluding hydrogens is 280 g/mol. The maximum atomic E-state index is 12.2. The second-order valence-electron chi connectivity index (χ2n) is 4.68. The number of hydrogen-bond acceptors (Lipinski definition) is 3. The Balaban J connectivity index is 2.20. The van der Waals surface area contributed by atoms with Crippen LogP contribution < -0.4 is 4.74 Å². The molecule has 0 atom stereocenters. The maximum absolute atomic E-state index is 12.2. The summed E-state index contributed by atoms with van der Waals surface area (Å²) in [5, 5.41) is 0. The first-order chi connectivity index (χ1) is 10.1. The van der Waals surface area contributed by atoms with Crippen molar-refractivity contribution in [3.63, 3.8) is 0 Å². The number of carbonyl (C=O) groups is 1. The van der Waals surface area contributed by atoms with E-state index in [9.17, 15) is 4.79 Å². The van der Waals surface area contributed by atoms with Gasteiger partial charge in [-0.3, -0.25) is 4.79 Å². The number of thioether (sulfide) groups is 1. The fourth-order valence-corrected chi connectivity index (χ4v) is 2.58. The van der Waals surface area contributed by atoms with Crippen molar-refractivity contribution in [3.8, 4) is 5.75 Å². The summed E-state index contributed by atoms with van der Waals surface area (Å²) in [5.41, 5.74) is 2.83. The highest BCUT2D eigenvalue weighted by Gasteiger charge is 2.07. The molecule has 0 amide bonds. The van der Waals surface area contributed by atoms with Crippen molar-refractivity contribution in [1.82, 2.24) is 0 Å². The predicted octanol–water partition coefficient (Wildman–Crippen LogP) is 4.62. The Bertz CT molecular complexity index is 675. The Morgan fingerprint density at radius 1 is 1.19 bits per heavy atom. The molecule has 0 N–H and O–H groups in total. The zero-order valence-electron chi connectivity index (χ0n) is 12.4. The molecule has 0 aromatic heterocycles. The number of ether oxygens (including phenoxy) is 1. The van der Waals surface area contributed by atoms with Gasteiger partial charge in [-0.05, 0) is 43.0 Å². The van der Waals surface area contributed by atoms with E-state index in [0.717, 1.165) is 16.2 Å². The topological polar surface area (TPSA) is 26.3 Å². The summed E-state index contributed by atoms with van der Waals surface area (Å²) in [7, 11) is 1.62. The van der Waals surface area contributed by atoms with E-state index in [1.165, 1.54) is 5.56 Å². The summed E-state index contributed by atoms with van der Waals surface area (Å²) in [6, 6.07) is 13.6. The Hall–Kier alpha value is -2.00. The third kappa shape index (κ3) is 3.99. The van der Waals surface area contributed by atoms with Gasteiger partial charge in [-0.1, -0.05) is 35.9 Å². The predicted molar refractivity (Wildman–Crippen MR) is 89.3 cm³/mol. The quantitative estimate of drug-likeness (QED) is 0.457. The lowest BCUT2D eigenvalue weighted by atomic mass is 10.1. The van der Waals surface area contributed by atoms with Crippen molar-refractivity contribution in [2.24, 2.45) is 0 Å². The molecule has 2 aromatic rings. The molecule has 0 spiro atoms. The van der Waals surface area contributed by atoms with Crippen molar-refractivity contribution in [2.45, 2.75) is 11.8 Å². The lowest BCUT2D eigenvalue weighted by molar-refractivity contribution is 0.104. The maximum Gasteiger partial charge on any atom is 0.185 e. The van der Waals surface area contributed by atoms with Crippen molar-refractivity contribution >= 4 is 23.6 Å². The van der Waals surface area contributed by atoms with Gasteiger partial charge in [-0.15, -0.1) is 11.8 Å². The molecule has 0 unspecified atom stereocenters. The van der Waals surface area contributed by atoms with Crippen LogP contribution in [-0.2, 0) is 0 Å². The molecule has 2 rings (SSSR count). The second-order valence-corrected chi connectivity index (χ2v) is 5.53. The van der Waals surface area contributed by atoms with Gasteiger partial charge in [0.2, 0.25) is 0 Å². The summed E-state index contributed by atoms with van der Waals surface area (Å²) in [5.74, 6) is 0.708. The molecule has 0 aliphatic heterocycles. The van der Waals surface area contributed by atoms with Gasteiger partial charge in [-0.25, -0.2) is 0 Å². The Kier molecular flexibility index (Phi) is 5.23. The zero-order chi connectivity index (χ0) is 15.2. The highest BCUT2D eigenvalue weighted by Crippen LogP contribution is 2.28. The molecule has 0 heterocycles. The van der Waals surface area contributed by atoms with E-state index in [1.54, 1.807) is 31.0 Å². The first-order valence-corrected chi connectivity index (χ1v) is 7.87. The van der Waals surface area contributed by atoms with Crippen LogP contribution >= 0.6 is 11.8 Å². The van der Waals surface area contributed by atoms with Crippen LogP contribution in [0.2, 0.25) is 0 Å². The van der Waals surface area contributed by atoms with Crippen molar-refractivity contribution < 1.29 is 9.53 Å². The number of rotatable bonds is 5. The molecule has 0 radical (unpaired) electrons. The second kappa shape index (κ2) is 7.14. The van der Waals surface area contributed by atoms with Crippen LogP contribution in [0.3, 0.4) is 0 Å². The van der Waals surface area contributed by atoms with Crippen molar-refractivity contribution in [1.29, 1.82) is 0 Å². The van der Waals surface area contributed by atoms with E-state index in [-0.39, 0.29) is 5.78 Å². The minimum Gasteiger partial charge on any atom is -0.496 e. The number of methoxy groups -OCH3 is 1. The van der Waals surface area contributed by atoms with Gasteiger partial charge >= 0.3 is 0 Å². The van der Waals surface area contributed by atoms with Gasteiger partial charge in [0.25, 0.3) is 0 Å². The lowest BCUT2D eigenvalue weighted by Gasteiger charge is -2.07. The average molecular weight is 298 g/mol. The van der Waals surface area contributed by atoms with E-state index < -0.39 is 0 Å². The number of ketones is 1. The number of allylic oxidation sites excluding steroid dienone is 1. The van der Waals surface area contributed by atoms with Gasteiger partial charge in [0.05, 0.1) is 7.11 Å². The molecule has 0 fully saturated rings. The smallest absolute Gasteiger partial charge is 0.185 e. The van der Waals surface area contributed by atoms with E-state index in [4.69, 9.17) is 4.74 Å². The van der Waals surface area contributed by atoms with Crippen molar-refractivity contribution in [2.75, 3.05) is 13.4 Å². The summed E-state index contributed by atoms with van der Waals surface area (Å²) in [4.78, 5) is 13.2. The molecule has 2 aromatic carbocycles. The van der Waals surface area contributed by atoms with Gasteiger partial charge in [0.15, 0.2) is 5.78 Å². The summed E-state index contributed by atoms with van der Waals surface area (Å²) < 4.78 is 5.31. The van der Waals surface area contributed by atoms with Crippen LogP contribution in [0.15, 0.2) is 53.4 Å². The molecule has 3 heteroatoms.